The molecular weight excluding hydrogens is 421 g/mol. The third kappa shape index (κ3) is 6.24. The van der Waals surface area contributed by atoms with Crippen molar-refractivity contribution in [2.45, 2.75) is 36.1 Å². The number of hydrogen-bond acceptors (Lipinski definition) is 6. The molecule has 0 bridgehead atoms. The smallest absolute Gasteiger partial charge is 0.337 e. The standard InChI is InChI=1S/C20H19NO3S.C3H5FO2/c1-22-19-11-16-17(12-20(19)23-2)21-10-9-18(16)24-13-3-5-14(6-4-13)25-15-7-8-15;1-2(4)3(5)6/h3-6,9-12,15H,7-8H2,1-2H3;2H,1H3,(H,5,6). The zero-order valence-corrected chi connectivity index (χ0v) is 18.3. The lowest BCUT2D eigenvalue weighted by atomic mass is 10.2. The number of ether oxygens (including phenoxy) is 3. The highest BCUT2D eigenvalue weighted by Gasteiger charge is 2.22. The molecule has 1 aromatic heterocycles. The van der Waals surface area contributed by atoms with Crippen molar-refractivity contribution >= 4 is 28.6 Å². The minimum Gasteiger partial charge on any atom is -0.493 e. The number of thioether (sulfide) groups is 1. The van der Waals surface area contributed by atoms with E-state index in [0.29, 0.717) is 11.5 Å². The quantitative estimate of drug-likeness (QED) is 0.498. The summed E-state index contributed by atoms with van der Waals surface area (Å²) in [5.41, 5.74) is 0.802. The number of aromatic nitrogens is 1. The van der Waals surface area contributed by atoms with Gasteiger partial charge >= 0.3 is 5.97 Å². The van der Waals surface area contributed by atoms with Crippen LogP contribution in [0.5, 0.6) is 23.0 Å². The average molecular weight is 446 g/mol. The highest BCUT2D eigenvalue weighted by Crippen LogP contribution is 2.40. The predicted molar refractivity (Wildman–Crippen MR) is 118 cm³/mol. The fourth-order valence-electron chi connectivity index (χ4n) is 2.63. The van der Waals surface area contributed by atoms with Crippen molar-refractivity contribution < 1.29 is 28.5 Å². The van der Waals surface area contributed by atoms with Gasteiger partial charge in [0.2, 0.25) is 0 Å². The molecule has 8 heteroatoms. The van der Waals surface area contributed by atoms with Crippen molar-refractivity contribution in [3.05, 3.63) is 48.7 Å². The van der Waals surface area contributed by atoms with Crippen LogP contribution in [0.25, 0.3) is 10.9 Å². The Morgan fingerprint density at radius 2 is 1.71 bits per heavy atom. The van der Waals surface area contributed by atoms with Gasteiger partial charge in [-0.2, -0.15) is 0 Å². The normalized spacial score (nSPS) is 13.7. The topological polar surface area (TPSA) is 77.9 Å². The zero-order chi connectivity index (χ0) is 22.4. The van der Waals surface area contributed by atoms with Crippen LogP contribution in [-0.2, 0) is 4.79 Å². The van der Waals surface area contributed by atoms with Crippen molar-refractivity contribution in [2.75, 3.05) is 14.2 Å². The van der Waals surface area contributed by atoms with Crippen LogP contribution in [0.4, 0.5) is 4.39 Å². The molecule has 1 saturated carbocycles. The fourth-order valence-corrected chi connectivity index (χ4v) is 3.68. The number of nitrogens with zero attached hydrogens (tertiary/aromatic N) is 1. The summed E-state index contributed by atoms with van der Waals surface area (Å²) in [5.74, 6) is 1.45. The molecule has 0 saturated heterocycles. The molecule has 1 aliphatic carbocycles. The zero-order valence-electron chi connectivity index (χ0n) is 17.5. The molecule has 1 N–H and O–H groups in total. The van der Waals surface area contributed by atoms with Crippen LogP contribution in [0.2, 0.25) is 0 Å². The Bertz CT molecular complexity index is 1040. The van der Waals surface area contributed by atoms with E-state index in [1.54, 1.807) is 20.4 Å². The number of carboxylic acid groups (broad SMARTS) is 1. The van der Waals surface area contributed by atoms with E-state index in [4.69, 9.17) is 19.3 Å². The van der Waals surface area contributed by atoms with E-state index < -0.39 is 12.1 Å². The first-order valence-electron chi connectivity index (χ1n) is 9.73. The Kier molecular flexibility index (Phi) is 7.57. The number of methoxy groups -OCH3 is 2. The number of carbonyl (C=O) groups is 1. The van der Waals surface area contributed by atoms with Gasteiger partial charge in [-0.3, -0.25) is 4.98 Å². The van der Waals surface area contributed by atoms with Crippen molar-refractivity contribution in [1.82, 2.24) is 4.98 Å². The molecule has 0 amide bonds. The first-order valence-corrected chi connectivity index (χ1v) is 10.6. The summed E-state index contributed by atoms with van der Waals surface area (Å²) in [4.78, 5) is 15.0. The third-order valence-electron chi connectivity index (χ3n) is 4.43. The van der Waals surface area contributed by atoms with Crippen LogP contribution in [0.15, 0.2) is 53.6 Å². The lowest BCUT2D eigenvalue weighted by Gasteiger charge is -2.12. The van der Waals surface area contributed by atoms with Crippen LogP contribution in [-0.4, -0.2) is 41.7 Å². The number of benzene rings is 2. The third-order valence-corrected chi connectivity index (χ3v) is 5.77. The van der Waals surface area contributed by atoms with Gasteiger partial charge < -0.3 is 19.3 Å². The lowest BCUT2D eigenvalue weighted by molar-refractivity contribution is -0.142. The molecule has 1 unspecified atom stereocenters. The highest BCUT2D eigenvalue weighted by molar-refractivity contribution is 8.00. The Labute approximate surface area is 184 Å². The molecule has 3 aromatic rings. The van der Waals surface area contributed by atoms with Crippen molar-refractivity contribution in [1.29, 1.82) is 0 Å². The minimum atomic E-state index is -1.73. The Morgan fingerprint density at radius 3 is 2.26 bits per heavy atom. The highest BCUT2D eigenvalue weighted by atomic mass is 32.2. The summed E-state index contributed by atoms with van der Waals surface area (Å²) < 4.78 is 28.1. The summed E-state index contributed by atoms with van der Waals surface area (Å²) in [6.45, 7) is 0.975. The van der Waals surface area contributed by atoms with Gasteiger partial charge in [-0.25, -0.2) is 9.18 Å². The molecule has 1 atom stereocenters. The predicted octanol–water partition coefficient (Wildman–Crippen LogP) is 5.73. The van der Waals surface area contributed by atoms with Crippen molar-refractivity contribution in [3.63, 3.8) is 0 Å². The van der Waals surface area contributed by atoms with E-state index in [-0.39, 0.29) is 0 Å². The number of fused-ring (bicyclic) bond motifs is 1. The maximum Gasteiger partial charge on any atom is 0.337 e. The second-order valence-electron chi connectivity index (χ2n) is 6.88. The Morgan fingerprint density at radius 1 is 1.10 bits per heavy atom. The fraction of sp³-hybridized carbons (Fsp3) is 0.304. The summed E-state index contributed by atoms with van der Waals surface area (Å²) in [7, 11) is 3.24. The molecule has 1 fully saturated rings. The van der Waals surface area contributed by atoms with E-state index in [1.807, 2.05) is 42.1 Å². The summed E-state index contributed by atoms with van der Waals surface area (Å²) in [6, 6.07) is 13.9. The number of pyridine rings is 1. The molecule has 1 aliphatic rings. The average Bonchev–Trinajstić information content (AvgIpc) is 3.58. The van der Waals surface area contributed by atoms with Crippen LogP contribution in [0.1, 0.15) is 19.8 Å². The van der Waals surface area contributed by atoms with Gasteiger partial charge in [-0.15, -0.1) is 11.8 Å². The first-order chi connectivity index (χ1) is 14.9. The maximum absolute atomic E-state index is 11.2. The monoisotopic (exact) mass is 445 g/mol. The Balaban J connectivity index is 0.000000401. The molecule has 0 aliphatic heterocycles. The molecular formula is C23H24FNO5S. The second-order valence-corrected chi connectivity index (χ2v) is 8.25. The minimum absolute atomic E-state index is 0.654. The molecule has 1 heterocycles. The van der Waals surface area contributed by atoms with Crippen LogP contribution in [0, 0.1) is 0 Å². The van der Waals surface area contributed by atoms with Crippen LogP contribution < -0.4 is 14.2 Å². The molecule has 4 rings (SSSR count). The number of rotatable bonds is 7. The number of carboxylic acids is 1. The van der Waals surface area contributed by atoms with Gasteiger partial charge in [0, 0.05) is 27.8 Å². The van der Waals surface area contributed by atoms with Gasteiger partial charge in [0.05, 0.1) is 19.7 Å². The summed E-state index contributed by atoms with van der Waals surface area (Å²) in [5, 5.41) is 9.31. The summed E-state index contributed by atoms with van der Waals surface area (Å²) in [6.07, 6.45) is 2.67. The van der Waals surface area contributed by atoms with Gasteiger partial charge in [-0.05, 0) is 56.2 Å². The van der Waals surface area contributed by atoms with Gasteiger partial charge in [0.1, 0.15) is 11.5 Å². The molecule has 164 valence electrons. The van der Waals surface area contributed by atoms with Crippen LogP contribution >= 0.6 is 11.8 Å². The van der Waals surface area contributed by atoms with E-state index in [0.717, 1.165) is 34.6 Å². The van der Waals surface area contributed by atoms with E-state index in [1.165, 1.54) is 17.7 Å². The second kappa shape index (κ2) is 10.3. The number of halogens is 1. The van der Waals surface area contributed by atoms with Gasteiger partial charge in [0.25, 0.3) is 0 Å². The molecule has 0 radical (unpaired) electrons. The molecule has 0 spiro atoms. The van der Waals surface area contributed by atoms with Crippen LogP contribution in [0.3, 0.4) is 0 Å². The molecule has 6 nitrogen and oxygen atoms in total. The number of aliphatic carboxylic acids is 1. The van der Waals surface area contributed by atoms with E-state index in [2.05, 4.69) is 17.1 Å². The molecule has 31 heavy (non-hydrogen) atoms. The van der Waals surface area contributed by atoms with E-state index in [9.17, 15) is 9.18 Å². The first kappa shape index (κ1) is 22.7. The number of hydrogen-bond donors (Lipinski definition) is 1. The van der Waals surface area contributed by atoms with E-state index >= 15 is 0 Å². The number of alkyl halides is 1. The SMILES string of the molecule is CC(F)C(=O)O.COc1cc2nccc(Oc3ccc(SC4CC4)cc3)c2cc1OC. The largest absolute Gasteiger partial charge is 0.493 e. The molecule has 2 aromatic carbocycles. The van der Waals surface area contributed by atoms with Crippen molar-refractivity contribution in [2.24, 2.45) is 0 Å². The van der Waals surface area contributed by atoms with Gasteiger partial charge in [0.15, 0.2) is 17.7 Å². The maximum atomic E-state index is 11.2. The Hall–Kier alpha value is -3.00. The van der Waals surface area contributed by atoms with Crippen molar-refractivity contribution in [3.8, 4) is 23.0 Å². The summed E-state index contributed by atoms with van der Waals surface area (Å²) >= 11 is 1.94. The lowest BCUT2D eigenvalue weighted by Crippen LogP contribution is -2.08. The van der Waals surface area contributed by atoms with Gasteiger partial charge in [-0.1, -0.05) is 0 Å².